The Morgan fingerprint density at radius 3 is 1.73 bits per heavy atom. The molecule has 40 heavy (non-hydrogen) atoms. The van der Waals surface area contributed by atoms with Crippen LogP contribution in [0.15, 0.2) is 91.0 Å². The first-order valence-electron chi connectivity index (χ1n) is 12.8. The molecule has 0 aromatic heterocycles. The normalized spacial score (nSPS) is 23.1. The minimum Gasteiger partial charge on any atom is -0.461 e. The maximum absolute atomic E-state index is 14.1. The fourth-order valence-corrected chi connectivity index (χ4v) is 12.9. The lowest BCUT2D eigenvalue weighted by atomic mass is 10.2. The second-order valence-corrected chi connectivity index (χ2v) is 18.8. The molecule has 4 rings (SSSR count). The SMILES string of the molecule is CC(C)(C)[Si](OCC[C@@]1(Cl)[C@H](C(=O)OCc2ccccc2)[C@H]1S(F)(F)(F)(F)F)(c1ccccc1)c1ccccc1. The van der Waals surface area contributed by atoms with Crippen molar-refractivity contribution in [3.63, 3.8) is 0 Å². The zero-order valence-electron chi connectivity index (χ0n) is 22.3. The molecule has 0 bridgehead atoms. The van der Waals surface area contributed by atoms with Crippen molar-refractivity contribution >= 4 is 46.5 Å². The molecule has 3 aromatic rings. The highest BCUT2D eigenvalue weighted by atomic mass is 35.5. The molecule has 3 atom stereocenters. The molecule has 218 valence electrons. The Morgan fingerprint density at radius 1 is 0.850 bits per heavy atom. The van der Waals surface area contributed by atoms with Gasteiger partial charge in [0.25, 0.3) is 18.5 Å². The second kappa shape index (κ2) is 9.86. The van der Waals surface area contributed by atoms with Gasteiger partial charge in [0.2, 0.25) is 0 Å². The fourth-order valence-electron chi connectivity index (χ4n) is 5.56. The van der Waals surface area contributed by atoms with Gasteiger partial charge in [-0.15, -0.1) is 11.6 Å². The van der Waals surface area contributed by atoms with Crippen LogP contribution in [0.5, 0.6) is 0 Å². The summed E-state index contributed by atoms with van der Waals surface area (Å²) in [6.45, 7) is 5.23. The highest BCUT2D eigenvalue weighted by Crippen LogP contribution is 3.06. The van der Waals surface area contributed by atoms with E-state index in [1.807, 2.05) is 81.4 Å². The van der Waals surface area contributed by atoms with Gasteiger partial charge in [0.1, 0.15) is 11.9 Å². The third-order valence-corrected chi connectivity index (χ3v) is 14.8. The molecule has 0 spiro atoms. The van der Waals surface area contributed by atoms with E-state index in [4.69, 9.17) is 20.8 Å². The van der Waals surface area contributed by atoms with Crippen molar-refractivity contribution in [3.8, 4) is 0 Å². The molecule has 1 saturated carbocycles. The largest absolute Gasteiger partial charge is 0.461 e. The number of hydrogen-bond acceptors (Lipinski definition) is 3. The first-order chi connectivity index (χ1) is 18.4. The number of carbonyl (C=O) groups excluding carboxylic acids is 1. The summed E-state index contributed by atoms with van der Waals surface area (Å²) in [6.07, 6.45) is -0.611. The van der Waals surface area contributed by atoms with Crippen LogP contribution < -0.4 is 10.4 Å². The summed E-state index contributed by atoms with van der Waals surface area (Å²) >= 11 is 6.32. The van der Waals surface area contributed by atoms with Gasteiger partial charge in [0.05, 0.1) is 10.8 Å². The first-order valence-corrected chi connectivity index (χ1v) is 17.1. The standard InChI is InChI=1S/C29H32ClF5O3SSi/c1-28(2,3)40(23-15-9-5-10-16-23,24-17-11-6-12-18-24)38-20-19-29(30)25(26(29)39(31,32,33,34)35)27(36)37-21-22-13-7-4-8-14-22/h4-18,25-26H,19-21H2,1-3H3/t25-,26+,29+/m0/s1. The van der Waals surface area contributed by atoms with Gasteiger partial charge in [-0.25, -0.2) is 0 Å². The Labute approximate surface area is 237 Å². The van der Waals surface area contributed by atoms with E-state index in [9.17, 15) is 24.2 Å². The summed E-state index contributed by atoms with van der Waals surface area (Å²) in [5, 5.41) is -2.06. The summed E-state index contributed by atoms with van der Waals surface area (Å²) in [6, 6.07) is 26.9. The summed E-state index contributed by atoms with van der Waals surface area (Å²) in [5.74, 6) is -3.64. The van der Waals surface area contributed by atoms with Gasteiger partial charge in [0, 0.05) is 6.61 Å². The van der Waals surface area contributed by atoms with E-state index in [0.717, 1.165) is 10.4 Å². The number of halogens is 6. The van der Waals surface area contributed by atoms with Crippen LogP contribution in [0.3, 0.4) is 0 Å². The molecule has 0 saturated heterocycles. The second-order valence-electron chi connectivity index (χ2n) is 11.2. The minimum atomic E-state index is -10.2. The van der Waals surface area contributed by atoms with Gasteiger partial charge >= 0.3 is 5.97 Å². The number of ether oxygens (including phenoxy) is 1. The van der Waals surface area contributed by atoms with Crippen molar-refractivity contribution < 1.29 is 33.4 Å². The van der Waals surface area contributed by atoms with E-state index < -0.39 is 52.0 Å². The quantitative estimate of drug-likeness (QED) is 0.100. The van der Waals surface area contributed by atoms with Crippen molar-refractivity contribution in [2.75, 3.05) is 6.61 Å². The molecule has 3 aromatic carbocycles. The number of benzene rings is 3. The zero-order valence-corrected chi connectivity index (χ0v) is 24.9. The predicted molar refractivity (Wildman–Crippen MR) is 153 cm³/mol. The topological polar surface area (TPSA) is 35.5 Å². The van der Waals surface area contributed by atoms with Crippen molar-refractivity contribution in [2.45, 2.75) is 49.0 Å². The lowest BCUT2D eigenvalue weighted by molar-refractivity contribution is -0.146. The maximum atomic E-state index is 14.1. The maximum Gasteiger partial charge on any atom is 0.312 e. The summed E-state index contributed by atoms with van der Waals surface area (Å²) in [4.78, 5) is 10.2. The fraction of sp³-hybridized carbons (Fsp3) is 0.345. The highest BCUT2D eigenvalue weighted by Gasteiger charge is 2.90. The molecule has 0 N–H and O–H groups in total. The average Bonchev–Trinajstić information content (AvgIpc) is 3.53. The number of rotatable bonds is 10. The molecule has 11 heteroatoms. The molecule has 0 amide bonds. The van der Waals surface area contributed by atoms with E-state index in [-0.39, 0.29) is 13.2 Å². The monoisotopic (exact) mass is 618 g/mol. The summed E-state index contributed by atoms with van der Waals surface area (Å²) in [5.41, 5.74) is 0.510. The van der Waals surface area contributed by atoms with Gasteiger partial charge in [-0.05, 0) is 27.4 Å². The zero-order chi connectivity index (χ0) is 29.5. The summed E-state index contributed by atoms with van der Waals surface area (Å²) in [7, 11) is -13.3. The highest BCUT2D eigenvalue weighted by molar-refractivity contribution is 8.46. The van der Waals surface area contributed by atoms with Crippen molar-refractivity contribution in [3.05, 3.63) is 96.6 Å². The van der Waals surface area contributed by atoms with Crippen molar-refractivity contribution in [1.29, 1.82) is 0 Å². The van der Waals surface area contributed by atoms with Gasteiger partial charge in [0.15, 0.2) is 0 Å². The molecule has 0 aliphatic heterocycles. The third-order valence-electron chi connectivity index (χ3n) is 7.36. The van der Waals surface area contributed by atoms with E-state index >= 15 is 0 Å². The molecule has 1 fully saturated rings. The van der Waals surface area contributed by atoms with Gasteiger partial charge < -0.3 is 9.16 Å². The molecular weight excluding hydrogens is 587 g/mol. The van der Waals surface area contributed by atoms with Crippen LogP contribution in [0, 0.1) is 5.92 Å². The van der Waals surface area contributed by atoms with Crippen LogP contribution in [0.25, 0.3) is 0 Å². The third kappa shape index (κ3) is 6.10. The van der Waals surface area contributed by atoms with E-state index in [2.05, 4.69) is 0 Å². The number of alkyl halides is 1. The van der Waals surface area contributed by atoms with E-state index in [1.165, 1.54) is 0 Å². The lowest BCUT2D eigenvalue weighted by Crippen LogP contribution is -2.66. The Morgan fingerprint density at radius 2 is 1.30 bits per heavy atom. The van der Waals surface area contributed by atoms with E-state index in [0.29, 0.717) is 5.56 Å². The van der Waals surface area contributed by atoms with Crippen molar-refractivity contribution in [1.82, 2.24) is 0 Å². The van der Waals surface area contributed by atoms with Crippen LogP contribution >= 0.6 is 21.8 Å². The van der Waals surface area contributed by atoms with Crippen LogP contribution in [-0.4, -0.2) is 31.0 Å². The van der Waals surface area contributed by atoms with Crippen LogP contribution in [0.4, 0.5) is 19.4 Å². The van der Waals surface area contributed by atoms with Crippen LogP contribution in [0.1, 0.15) is 32.8 Å². The number of hydrogen-bond donors (Lipinski definition) is 0. The smallest absolute Gasteiger partial charge is 0.312 e. The molecule has 1 aliphatic carbocycles. The van der Waals surface area contributed by atoms with Gasteiger partial charge in [-0.3, -0.25) is 4.79 Å². The average molecular weight is 619 g/mol. The minimum absolute atomic E-state index is 0.352. The predicted octanol–water partition coefficient (Wildman–Crippen LogP) is 7.97. The molecule has 0 radical (unpaired) electrons. The van der Waals surface area contributed by atoms with Crippen molar-refractivity contribution in [2.24, 2.45) is 5.92 Å². The number of carbonyl (C=O) groups is 1. The lowest BCUT2D eigenvalue weighted by Gasteiger charge is -2.43. The molecular formula is C29H32ClF5O3SSi. The molecule has 3 nitrogen and oxygen atoms in total. The van der Waals surface area contributed by atoms with Gasteiger partial charge in [-0.2, -0.15) is 0 Å². The molecule has 1 aliphatic rings. The molecule has 0 unspecified atom stereocenters. The number of esters is 1. The Balaban J connectivity index is 1.63. The Bertz CT molecular complexity index is 1300. The summed E-state index contributed by atoms with van der Waals surface area (Å²) < 4.78 is 82.2. The van der Waals surface area contributed by atoms with Crippen LogP contribution in [0.2, 0.25) is 5.04 Å². The Kier molecular flexibility index (Phi) is 7.53. The van der Waals surface area contributed by atoms with Crippen LogP contribution in [-0.2, 0) is 20.6 Å². The van der Waals surface area contributed by atoms with E-state index in [1.54, 1.807) is 30.3 Å². The molecule has 0 heterocycles. The Hall–Kier alpha value is -2.40. The van der Waals surface area contributed by atoms with Gasteiger partial charge in [-0.1, -0.05) is 131 Å². The first kappa shape index (κ1) is 30.6.